The summed E-state index contributed by atoms with van der Waals surface area (Å²) < 4.78 is 1.14. The summed E-state index contributed by atoms with van der Waals surface area (Å²) in [6.07, 6.45) is 3.95. The first-order valence-corrected chi connectivity index (χ1v) is 9.40. The van der Waals surface area contributed by atoms with Crippen LogP contribution in [-0.2, 0) is 5.41 Å². The Morgan fingerprint density at radius 2 is 2.08 bits per heavy atom. The number of benzene rings is 1. The molecule has 0 bridgehead atoms. The Hall–Kier alpha value is -0.340. The number of aliphatic hydroxyl groups excluding tert-OH is 1. The van der Waals surface area contributed by atoms with Gasteiger partial charge in [-0.1, -0.05) is 28.1 Å². The highest BCUT2D eigenvalue weighted by Gasteiger charge is 2.44. The highest BCUT2D eigenvalue weighted by molar-refractivity contribution is 14.0. The summed E-state index contributed by atoms with van der Waals surface area (Å²) in [7, 11) is 0. The Morgan fingerprint density at radius 1 is 1.38 bits per heavy atom. The Kier molecular flexibility index (Phi) is 7.37. The van der Waals surface area contributed by atoms with Gasteiger partial charge >= 0.3 is 0 Å². The summed E-state index contributed by atoms with van der Waals surface area (Å²) in [5.74, 6) is 1.00. The molecule has 24 heavy (non-hydrogen) atoms. The van der Waals surface area contributed by atoms with Gasteiger partial charge in [0.05, 0.1) is 12.6 Å². The summed E-state index contributed by atoms with van der Waals surface area (Å²) >= 11 is 3.58. The second-order valence-electron chi connectivity index (χ2n) is 6.68. The minimum Gasteiger partial charge on any atom is -0.393 e. The lowest BCUT2D eigenvalue weighted by Crippen LogP contribution is -2.46. The molecule has 0 amide bonds. The number of likely N-dealkylation sites (tertiary alicyclic amines) is 1. The lowest BCUT2D eigenvalue weighted by atomic mass is 9.96. The van der Waals surface area contributed by atoms with Crippen molar-refractivity contribution in [2.24, 2.45) is 4.99 Å². The van der Waals surface area contributed by atoms with Gasteiger partial charge in [0.2, 0.25) is 0 Å². The van der Waals surface area contributed by atoms with Crippen LogP contribution in [-0.4, -0.2) is 48.2 Å². The number of aliphatic hydroxyl groups is 1. The summed E-state index contributed by atoms with van der Waals surface area (Å²) in [5.41, 5.74) is 1.61. The lowest BCUT2D eigenvalue weighted by Gasteiger charge is -2.32. The van der Waals surface area contributed by atoms with E-state index in [1.165, 1.54) is 18.4 Å². The molecule has 1 saturated carbocycles. The second-order valence-corrected chi connectivity index (χ2v) is 7.59. The van der Waals surface area contributed by atoms with Crippen molar-refractivity contribution in [2.45, 2.75) is 44.1 Å². The number of hydrogen-bond donors (Lipinski definition) is 2. The van der Waals surface area contributed by atoms with Gasteiger partial charge in [0.1, 0.15) is 0 Å². The van der Waals surface area contributed by atoms with E-state index in [9.17, 15) is 5.11 Å². The quantitative estimate of drug-likeness (QED) is 0.372. The number of hydrogen-bond acceptors (Lipinski definition) is 2. The Morgan fingerprint density at radius 3 is 2.67 bits per heavy atom. The molecule has 1 aliphatic carbocycles. The highest BCUT2D eigenvalue weighted by Crippen LogP contribution is 2.48. The maximum Gasteiger partial charge on any atom is 0.193 e. The molecule has 0 spiro atoms. The van der Waals surface area contributed by atoms with E-state index in [1.807, 2.05) is 0 Å². The van der Waals surface area contributed by atoms with Crippen molar-refractivity contribution in [1.29, 1.82) is 0 Å². The highest BCUT2D eigenvalue weighted by atomic mass is 127. The predicted octanol–water partition coefficient (Wildman–Crippen LogP) is 3.52. The minimum atomic E-state index is -0.148. The molecule has 2 fully saturated rings. The molecular weight excluding hydrogens is 481 g/mol. The van der Waals surface area contributed by atoms with Gasteiger partial charge in [0.25, 0.3) is 0 Å². The van der Waals surface area contributed by atoms with E-state index in [2.05, 4.69) is 57.3 Å². The molecule has 1 heterocycles. The SMILES string of the molecule is CCNC(=NCC1(c2cccc(Br)c2)CC1)N1CCC(O)CC1.I. The van der Waals surface area contributed by atoms with Crippen molar-refractivity contribution < 1.29 is 5.11 Å². The molecule has 0 aromatic heterocycles. The van der Waals surface area contributed by atoms with Gasteiger partial charge < -0.3 is 15.3 Å². The fraction of sp³-hybridized carbons (Fsp3) is 0.611. The van der Waals surface area contributed by atoms with Crippen molar-refractivity contribution in [3.05, 3.63) is 34.3 Å². The lowest BCUT2D eigenvalue weighted by molar-refractivity contribution is 0.108. The zero-order chi connectivity index (χ0) is 16.3. The summed E-state index contributed by atoms with van der Waals surface area (Å²) in [4.78, 5) is 7.22. The number of halogens is 2. The van der Waals surface area contributed by atoms with Crippen LogP contribution in [0.4, 0.5) is 0 Å². The summed E-state index contributed by atoms with van der Waals surface area (Å²) in [5, 5.41) is 13.1. The molecule has 134 valence electrons. The van der Waals surface area contributed by atoms with E-state index in [-0.39, 0.29) is 35.5 Å². The number of piperidine rings is 1. The average Bonchev–Trinajstić information content (AvgIpc) is 3.34. The molecule has 1 saturated heterocycles. The Labute approximate surface area is 170 Å². The first-order valence-electron chi connectivity index (χ1n) is 8.60. The van der Waals surface area contributed by atoms with Crippen molar-refractivity contribution in [1.82, 2.24) is 10.2 Å². The van der Waals surface area contributed by atoms with Gasteiger partial charge in [-0.3, -0.25) is 4.99 Å². The zero-order valence-corrected chi connectivity index (χ0v) is 18.1. The molecule has 2 aliphatic rings. The number of nitrogens with one attached hydrogen (secondary N) is 1. The average molecular weight is 508 g/mol. The maximum atomic E-state index is 9.69. The van der Waals surface area contributed by atoms with Crippen LogP contribution in [0.25, 0.3) is 0 Å². The van der Waals surface area contributed by atoms with Gasteiger partial charge in [0, 0.05) is 29.5 Å². The van der Waals surface area contributed by atoms with E-state index in [0.717, 1.165) is 49.5 Å². The molecule has 1 aliphatic heterocycles. The van der Waals surface area contributed by atoms with Crippen LogP contribution in [0, 0.1) is 0 Å². The van der Waals surface area contributed by atoms with Gasteiger partial charge in [0.15, 0.2) is 5.96 Å². The van der Waals surface area contributed by atoms with Gasteiger partial charge in [-0.05, 0) is 50.3 Å². The molecule has 1 aromatic carbocycles. The van der Waals surface area contributed by atoms with Crippen molar-refractivity contribution >= 4 is 45.9 Å². The number of rotatable bonds is 4. The smallest absolute Gasteiger partial charge is 0.193 e. The molecule has 0 radical (unpaired) electrons. The fourth-order valence-electron chi connectivity index (χ4n) is 3.24. The monoisotopic (exact) mass is 507 g/mol. The van der Waals surface area contributed by atoms with Crippen LogP contribution >= 0.6 is 39.9 Å². The van der Waals surface area contributed by atoms with E-state index in [0.29, 0.717) is 0 Å². The Bertz CT molecular complexity index is 569. The molecular formula is C18H27BrIN3O. The normalized spacial score (nSPS) is 20.5. The van der Waals surface area contributed by atoms with E-state index >= 15 is 0 Å². The maximum absolute atomic E-state index is 9.69. The number of guanidine groups is 1. The molecule has 4 nitrogen and oxygen atoms in total. The van der Waals surface area contributed by atoms with Crippen LogP contribution in [0.2, 0.25) is 0 Å². The van der Waals surface area contributed by atoms with E-state index in [1.54, 1.807) is 0 Å². The van der Waals surface area contributed by atoms with Crippen LogP contribution < -0.4 is 5.32 Å². The largest absolute Gasteiger partial charge is 0.393 e. The predicted molar refractivity (Wildman–Crippen MR) is 113 cm³/mol. The molecule has 2 N–H and O–H groups in total. The summed E-state index contributed by atoms with van der Waals surface area (Å²) in [6, 6.07) is 8.64. The standard InChI is InChI=1S/C18H26BrN3O.HI/c1-2-20-17(22-10-6-16(23)7-11-22)21-13-18(8-9-18)14-4-3-5-15(19)12-14;/h3-5,12,16,23H,2,6-11,13H2,1H3,(H,20,21);1H. The fourth-order valence-corrected chi connectivity index (χ4v) is 3.64. The van der Waals surface area contributed by atoms with Crippen LogP contribution in [0.15, 0.2) is 33.7 Å². The molecule has 0 unspecified atom stereocenters. The van der Waals surface area contributed by atoms with Crippen molar-refractivity contribution in [3.63, 3.8) is 0 Å². The van der Waals surface area contributed by atoms with E-state index < -0.39 is 0 Å². The van der Waals surface area contributed by atoms with Gasteiger partial charge in [-0.15, -0.1) is 24.0 Å². The molecule has 3 rings (SSSR count). The third-order valence-corrected chi connectivity index (χ3v) is 5.41. The minimum absolute atomic E-state index is 0. The molecule has 0 atom stereocenters. The van der Waals surface area contributed by atoms with Crippen LogP contribution in [0.5, 0.6) is 0 Å². The second kappa shape index (κ2) is 8.85. The Balaban J connectivity index is 0.00000208. The summed E-state index contributed by atoms with van der Waals surface area (Å²) in [6.45, 7) is 5.59. The van der Waals surface area contributed by atoms with Crippen LogP contribution in [0.1, 0.15) is 38.2 Å². The topological polar surface area (TPSA) is 47.9 Å². The number of nitrogens with zero attached hydrogens (tertiary/aromatic N) is 2. The third kappa shape index (κ3) is 4.85. The van der Waals surface area contributed by atoms with Crippen LogP contribution in [0.3, 0.4) is 0 Å². The zero-order valence-electron chi connectivity index (χ0n) is 14.2. The third-order valence-electron chi connectivity index (χ3n) is 4.92. The molecule has 6 heteroatoms. The van der Waals surface area contributed by atoms with Crippen molar-refractivity contribution in [2.75, 3.05) is 26.2 Å². The van der Waals surface area contributed by atoms with Crippen molar-refractivity contribution in [3.8, 4) is 0 Å². The first-order chi connectivity index (χ1) is 11.1. The van der Waals surface area contributed by atoms with E-state index in [4.69, 9.17) is 4.99 Å². The number of aliphatic imine (C=N–C) groups is 1. The van der Waals surface area contributed by atoms with Gasteiger partial charge in [-0.2, -0.15) is 0 Å². The van der Waals surface area contributed by atoms with Gasteiger partial charge in [-0.25, -0.2) is 0 Å². The first kappa shape index (κ1) is 20.0. The molecule has 1 aromatic rings.